The summed E-state index contributed by atoms with van der Waals surface area (Å²) < 4.78 is 0. The van der Waals surface area contributed by atoms with Gasteiger partial charge in [0.15, 0.2) is 0 Å². The molecule has 0 aromatic carbocycles. The topological polar surface area (TPSA) is 85.2 Å². The molecule has 0 bridgehead atoms. The minimum Gasteiger partial charge on any atom is -0.388 e. The molecule has 0 aliphatic heterocycles. The molecule has 1 aromatic heterocycles. The van der Waals surface area contributed by atoms with Gasteiger partial charge in [0.25, 0.3) is 0 Å². The summed E-state index contributed by atoms with van der Waals surface area (Å²) in [6.45, 7) is 6.45. The van der Waals surface area contributed by atoms with Crippen LogP contribution in [0.5, 0.6) is 0 Å². The molecule has 2 unspecified atom stereocenters. The van der Waals surface area contributed by atoms with Crippen LogP contribution in [-0.4, -0.2) is 16.6 Å². The monoisotopic (exact) mass is 223 g/mol. The molecule has 0 fully saturated rings. The summed E-state index contributed by atoms with van der Waals surface area (Å²) in [6, 6.07) is 1.87. The maximum atomic E-state index is 10.3. The number of hydrogen-bond donors (Lipinski definition) is 3. The van der Waals surface area contributed by atoms with E-state index in [-0.39, 0.29) is 5.92 Å². The zero-order valence-electron chi connectivity index (χ0n) is 10.1. The molecule has 0 spiro atoms. The normalized spacial score (nSPS) is 15.1. The number of aromatic nitrogens is 1. The number of aliphatic hydroxyl groups is 1. The first kappa shape index (κ1) is 12.9. The number of nitrogens with zero attached hydrogens (tertiary/aromatic N) is 1. The molecule has 1 aromatic rings. The lowest BCUT2D eigenvalue weighted by Gasteiger charge is -2.25. The van der Waals surface area contributed by atoms with Gasteiger partial charge >= 0.3 is 0 Å². The Labute approximate surface area is 96.7 Å². The summed E-state index contributed by atoms with van der Waals surface area (Å²) in [5, 5.41) is 10.3. The van der Waals surface area contributed by atoms with E-state index in [1.807, 2.05) is 26.8 Å². The van der Waals surface area contributed by atoms with Gasteiger partial charge in [-0.3, -0.25) is 0 Å². The summed E-state index contributed by atoms with van der Waals surface area (Å²) in [5.41, 5.74) is 13.1. The third-order valence-electron chi connectivity index (χ3n) is 2.94. The molecule has 0 aliphatic carbocycles. The second kappa shape index (κ2) is 5.27. The molecule has 1 heterocycles. The van der Waals surface area contributed by atoms with E-state index >= 15 is 0 Å². The molecule has 4 nitrogen and oxygen atoms in total. The van der Waals surface area contributed by atoms with Gasteiger partial charge in [0.05, 0.1) is 6.10 Å². The van der Waals surface area contributed by atoms with Crippen molar-refractivity contribution in [2.75, 3.05) is 12.3 Å². The minimum atomic E-state index is -0.641. The first-order chi connectivity index (χ1) is 7.47. The van der Waals surface area contributed by atoms with E-state index in [9.17, 15) is 5.11 Å². The number of hydrogen-bond acceptors (Lipinski definition) is 4. The largest absolute Gasteiger partial charge is 0.388 e. The Morgan fingerprint density at radius 1 is 1.44 bits per heavy atom. The van der Waals surface area contributed by atoms with E-state index in [0.29, 0.717) is 23.8 Å². The lowest BCUT2D eigenvalue weighted by molar-refractivity contribution is 0.0864. The van der Waals surface area contributed by atoms with Crippen LogP contribution in [0.1, 0.15) is 31.1 Å². The van der Waals surface area contributed by atoms with Crippen molar-refractivity contribution in [3.8, 4) is 0 Å². The Bertz CT molecular complexity index is 352. The SMILES string of the molecule is Cc1cnc(N)c(C(O)C(CN)C(C)C)c1. The predicted molar refractivity (Wildman–Crippen MR) is 65.7 cm³/mol. The fraction of sp³-hybridized carbons (Fsp3) is 0.583. The lowest BCUT2D eigenvalue weighted by atomic mass is 9.86. The maximum absolute atomic E-state index is 10.3. The molecule has 5 N–H and O–H groups in total. The van der Waals surface area contributed by atoms with E-state index < -0.39 is 6.10 Å². The van der Waals surface area contributed by atoms with Crippen molar-refractivity contribution in [2.45, 2.75) is 26.9 Å². The molecule has 16 heavy (non-hydrogen) atoms. The fourth-order valence-electron chi connectivity index (χ4n) is 1.84. The van der Waals surface area contributed by atoms with E-state index in [1.165, 1.54) is 0 Å². The summed E-state index contributed by atoms with van der Waals surface area (Å²) >= 11 is 0. The van der Waals surface area contributed by atoms with Gasteiger partial charge in [-0.1, -0.05) is 13.8 Å². The van der Waals surface area contributed by atoms with Crippen LogP contribution >= 0.6 is 0 Å². The van der Waals surface area contributed by atoms with Gasteiger partial charge < -0.3 is 16.6 Å². The minimum absolute atomic E-state index is 0.00546. The number of pyridine rings is 1. The van der Waals surface area contributed by atoms with E-state index in [0.717, 1.165) is 5.56 Å². The molecule has 1 rings (SSSR count). The van der Waals surface area contributed by atoms with Gasteiger partial charge in [0, 0.05) is 17.7 Å². The van der Waals surface area contributed by atoms with E-state index in [2.05, 4.69) is 4.98 Å². The Kier molecular flexibility index (Phi) is 4.26. The molecule has 0 saturated carbocycles. The Hall–Kier alpha value is -1.13. The zero-order valence-corrected chi connectivity index (χ0v) is 10.1. The number of nitrogen functional groups attached to an aromatic ring is 1. The van der Waals surface area contributed by atoms with Gasteiger partial charge in [-0.15, -0.1) is 0 Å². The molecule has 2 atom stereocenters. The number of anilines is 1. The van der Waals surface area contributed by atoms with E-state index in [1.54, 1.807) is 6.20 Å². The van der Waals surface area contributed by atoms with Crippen molar-refractivity contribution in [3.63, 3.8) is 0 Å². The van der Waals surface area contributed by atoms with Crippen LogP contribution in [0, 0.1) is 18.8 Å². The number of rotatable bonds is 4. The van der Waals surface area contributed by atoms with Crippen LogP contribution in [0.4, 0.5) is 5.82 Å². The average Bonchev–Trinajstić information content (AvgIpc) is 2.22. The van der Waals surface area contributed by atoms with E-state index in [4.69, 9.17) is 11.5 Å². The number of aryl methyl sites for hydroxylation is 1. The molecule has 90 valence electrons. The highest BCUT2D eigenvalue weighted by atomic mass is 16.3. The summed E-state index contributed by atoms with van der Waals surface area (Å²) in [6.07, 6.45) is 1.05. The van der Waals surface area contributed by atoms with Gasteiger partial charge in [0.1, 0.15) is 5.82 Å². The molecule has 4 heteroatoms. The summed E-state index contributed by atoms with van der Waals surface area (Å²) in [5.74, 6) is 0.697. The average molecular weight is 223 g/mol. The second-order valence-electron chi connectivity index (χ2n) is 4.58. The van der Waals surface area contributed by atoms with Crippen molar-refractivity contribution in [3.05, 3.63) is 23.4 Å². The first-order valence-corrected chi connectivity index (χ1v) is 5.57. The van der Waals surface area contributed by atoms with Crippen molar-refractivity contribution in [2.24, 2.45) is 17.6 Å². The van der Waals surface area contributed by atoms with Gasteiger partial charge in [0.2, 0.25) is 0 Å². The van der Waals surface area contributed by atoms with Crippen LogP contribution in [-0.2, 0) is 0 Å². The Balaban J connectivity index is 3.02. The second-order valence-corrected chi connectivity index (χ2v) is 4.58. The quantitative estimate of drug-likeness (QED) is 0.717. The molecule has 0 radical (unpaired) electrons. The maximum Gasteiger partial charge on any atom is 0.129 e. The predicted octanol–water partition coefficient (Wildman–Crippen LogP) is 1.24. The fourth-order valence-corrected chi connectivity index (χ4v) is 1.84. The van der Waals surface area contributed by atoms with Gasteiger partial charge in [-0.05, 0) is 31.0 Å². The van der Waals surface area contributed by atoms with Crippen LogP contribution < -0.4 is 11.5 Å². The van der Waals surface area contributed by atoms with Crippen LogP contribution in [0.2, 0.25) is 0 Å². The van der Waals surface area contributed by atoms with Crippen molar-refractivity contribution >= 4 is 5.82 Å². The lowest BCUT2D eigenvalue weighted by Crippen LogP contribution is -2.27. The van der Waals surface area contributed by atoms with Crippen LogP contribution in [0.3, 0.4) is 0 Å². The highest BCUT2D eigenvalue weighted by Gasteiger charge is 2.24. The van der Waals surface area contributed by atoms with Crippen molar-refractivity contribution in [1.82, 2.24) is 4.98 Å². The number of nitrogens with two attached hydrogens (primary N) is 2. The molecular formula is C12H21N3O. The van der Waals surface area contributed by atoms with Gasteiger partial charge in [-0.25, -0.2) is 4.98 Å². The highest BCUT2D eigenvalue weighted by molar-refractivity contribution is 5.42. The molecule has 0 amide bonds. The summed E-state index contributed by atoms with van der Waals surface area (Å²) in [4.78, 5) is 4.05. The smallest absolute Gasteiger partial charge is 0.129 e. The Morgan fingerprint density at radius 3 is 2.56 bits per heavy atom. The third-order valence-corrected chi connectivity index (χ3v) is 2.94. The molecular weight excluding hydrogens is 202 g/mol. The number of aliphatic hydroxyl groups excluding tert-OH is 1. The highest BCUT2D eigenvalue weighted by Crippen LogP contribution is 2.30. The zero-order chi connectivity index (χ0) is 12.3. The standard InChI is InChI=1S/C12H21N3O/c1-7(2)10(5-13)11(16)9-4-8(3)6-15-12(9)14/h4,6-7,10-11,16H,5,13H2,1-3H3,(H2,14,15). The van der Waals surface area contributed by atoms with Crippen molar-refractivity contribution < 1.29 is 5.11 Å². The summed E-state index contributed by atoms with van der Waals surface area (Å²) in [7, 11) is 0. The van der Waals surface area contributed by atoms with Crippen molar-refractivity contribution in [1.29, 1.82) is 0 Å². The Morgan fingerprint density at radius 2 is 2.06 bits per heavy atom. The third kappa shape index (κ3) is 2.71. The van der Waals surface area contributed by atoms with Crippen LogP contribution in [0.15, 0.2) is 12.3 Å². The molecule has 0 aliphatic rings. The van der Waals surface area contributed by atoms with Crippen LogP contribution in [0.25, 0.3) is 0 Å². The molecule has 0 saturated heterocycles. The van der Waals surface area contributed by atoms with Gasteiger partial charge in [-0.2, -0.15) is 0 Å². The first-order valence-electron chi connectivity index (χ1n) is 5.57.